The van der Waals surface area contributed by atoms with E-state index in [-0.39, 0.29) is 6.54 Å². The van der Waals surface area contributed by atoms with Crippen molar-refractivity contribution in [2.24, 2.45) is 0 Å². The second-order valence-corrected chi connectivity index (χ2v) is 5.64. The first kappa shape index (κ1) is 18.4. The molecular weight excluding hydrogens is 357 g/mol. The van der Waals surface area contributed by atoms with Crippen molar-refractivity contribution in [2.45, 2.75) is 12.7 Å². The zero-order valence-corrected chi connectivity index (χ0v) is 14.0. The number of aromatic nitrogens is 1. The molecule has 1 heterocycles. The number of hydrogen-bond donors (Lipinski definition) is 1. The van der Waals surface area contributed by atoms with Gasteiger partial charge in [0.05, 0.1) is 11.1 Å². The van der Waals surface area contributed by atoms with Gasteiger partial charge >= 0.3 is 6.18 Å². The summed E-state index contributed by atoms with van der Waals surface area (Å²) in [7, 11) is 0. The highest BCUT2D eigenvalue weighted by Gasteiger charge is 2.34. The Morgan fingerprint density at radius 3 is 2.52 bits per heavy atom. The zero-order chi connectivity index (χ0) is 19.3. The fourth-order valence-electron chi connectivity index (χ4n) is 2.45. The molecule has 3 rings (SSSR count). The molecule has 0 bridgehead atoms. The summed E-state index contributed by atoms with van der Waals surface area (Å²) in [5, 5.41) is 2.51. The molecule has 3 aromatic rings. The average molecular weight is 372 g/mol. The highest BCUT2D eigenvalue weighted by molar-refractivity contribution is 5.95. The summed E-state index contributed by atoms with van der Waals surface area (Å²) in [4.78, 5) is 16.3. The van der Waals surface area contributed by atoms with E-state index in [1.807, 2.05) is 0 Å². The first-order valence-corrected chi connectivity index (χ1v) is 8.06. The van der Waals surface area contributed by atoms with E-state index in [9.17, 15) is 18.0 Å². The molecule has 2 aromatic carbocycles. The monoisotopic (exact) mass is 372 g/mol. The lowest BCUT2D eigenvalue weighted by molar-refractivity contribution is -0.137. The van der Waals surface area contributed by atoms with Crippen molar-refractivity contribution in [2.75, 3.05) is 0 Å². The number of ether oxygens (including phenoxy) is 1. The van der Waals surface area contributed by atoms with Crippen LogP contribution in [-0.2, 0) is 12.7 Å². The molecule has 1 amide bonds. The van der Waals surface area contributed by atoms with Gasteiger partial charge in [0, 0.05) is 18.8 Å². The van der Waals surface area contributed by atoms with Crippen LogP contribution in [0.2, 0.25) is 0 Å². The highest BCUT2D eigenvalue weighted by Crippen LogP contribution is 2.31. The number of halogens is 3. The number of nitrogens with one attached hydrogen (secondary N) is 1. The first-order chi connectivity index (χ1) is 12.9. The number of carbonyl (C=O) groups is 1. The fraction of sp³-hybridized carbons (Fsp3) is 0.100. The zero-order valence-electron chi connectivity index (χ0n) is 14.0. The molecule has 138 valence electrons. The molecule has 0 fully saturated rings. The third-order valence-electron chi connectivity index (χ3n) is 3.69. The van der Waals surface area contributed by atoms with Crippen LogP contribution in [0, 0.1) is 0 Å². The number of benzene rings is 2. The molecule has 27 heavy (non-hydrogen) atoms. The molecule has 0 aliphatic rings. The van der Waals surface area contributed by atoms with Crippen LogP contribution in [0.25, 0.3) is 0 Å². The smallest absolute Gasteiger partial charge is 0.417 e. The van der Waals surface area contributed by atoms with Gasteiger partial charge in [-0.25, -0.2) is 4.98 Å². The van der Waals surface area contributed by atoms with Crippen LogP contribution in [0.1, 0.15) is 21.5 Å². The van der Waals surface area contributed by atoms with Gasteiger partial charge < -0.3 is 10.1 Å². The van der Waals surface area contributed by atoms with Gasteiger partial charge in [0.25, 0.3) is 5.91 Å². The van der Waals surface area contributed by atoms with Gasteiger partial charge in [0.2, 0.25) is 5.88 Å². The van der Waals surface area contributed by atoms with Gasteiger partial charge in [-0.05, 0) is 35.9 Å². The van der Waals surface area contributed by atoms with Crippen molar-refractivity contribution >= 4 is 5.91 Å². The maximum Gasteiger partial charge on any atom is 0.417 e. The number of amides is 1. The molecule has 7 heteroatoms. The van der Waals surface area contributed by atoms with E-state index in [0.29, 0.717) is 17.2 Å². The van der Waals surface area contributed by atoms with Crippen molar-refractivity contribution in [1.29, 1.82) is 0 Å². The van der Waals surface area contributed by atoms with Gasteiger partial charge in [-0.15, -0.1) is 0 Å². The fourth-order valence-corrected chi connectivity index (χ4v) is 2.45. The van der Waals surface area contributed by atoms with Crippen LogP contribution in [0.5, 0.6) is 11.6 Å². The van der Waals surface area contributed by atoms with Crippen molar-refractivity contribution in [3.8, 4) is 11.6 Å². The Hall–Kier alpha value is -3.35. The maximum absolute atomic E-state index is 13.0. The average Bonchev–Trinajstić information content (AvgIpc) is 2.66. The van der Waals surface area contributed by atoms with Crippen LogP contribution in [0.4, 0.5) is 13.2 Å². The number of nitrogens with zero attached hydrogens (tertiary/aromatic N) is 1. The largest absolute Gasteiger partial charge is 0.439 e. The van der Waals surface area contributed by atoms with Gasteiger partial charge in [0.1, 0.15) is 5.75 Å². The summed E-state index contributed by atoms with van der Waals surface area (Å²) in [5.74, 6) is 0.132. The molecule has 0 saturated heterocycles. The van der Waals surface area contributed by atoms with E-state index in [1.54, 1.807) is 48.7 Å². The Morgan fingerprint density at radius 2 is 1.78 bits per heavy atom. The third-order valence-corrected chi connectivity index (χ3v) is 3.69. The summed E-state index contributed by atoms with van der Waals surface area (Å²) in [5.41, 5.74) is -0.693. The SMILES string of the molecule is O=C(NCc1cccc(Oc2ccccn2)c1)c1ccccc1C(F)(F)F. The molecule has 4 nitrogen and oxygen atoms in total. The molecule has 0 spiro atoms. The van der Waals surface area contributed by atoms with Gasteiger partial charge in [0.15, 0.2) is 0 Å². The topological polar surface area (TPSA) is 51.2 Å². The minimum atomic E-state index is -4.59. The molecule has 0 unspecified atom stereocenters. The van der Waals surface area contributed by atoms with Crippen LogP contribution >= 0.6 is 0 Å². The second-order valence-electron chi connectivity index (χ2n) is 5.64. The normalized spacial score (nSPS) is 11.1. The van der Waals surface area contributed by atoms with E-state index in [1.165, 1.54) is 12.1 Å². The van der Waals surface area contributed by atoms with E-state index in [4.69, 9.17) is 4.74 Å². The van der Waals surface area contributed by atoms with Crippen molar-refractivity contribution in [3.05, 3.63) is 89.6 Å². The number of carbonyl (C=O) groups excluding carboxylic acids is 1. The Balaban J connectivity index is 1.69. The second kappa shape index (κ2) is 7.90. The van der Waals surface area contributed by atoms with Gasteiger partial charge in [-0.3, -0.25) is 4.79 Å². The predicted molar refractivity (Wildman–Crippen MR) is 93.4 cm³/mol. The summed E-state index contributed by atoms with van der Waals surface area (Å²) in [6.45, 7) is 0.0600. The lowest BCUT2D eigenvalue weighted by Crippen LogP contribution is -2.25. The number of rotatable bonds is 5. The molecular formula is C20H15F3N2O2. The third kappa shape index (κ3) is 4.84. The Bertz CT molecular complexity index is 928. The van der Waals surface area contributed by atoms with E-state index < -0.39 is 23.2 Å². The van der Waals surface area contributed by atoms with E-state index in [0.717, 1.165) is 12.1 Å². The molecule has 0 atom stereocenters. The minimum absolute atomic E-state index is 0.0600. The van der Waals surface area contributed by atoms with Gasteiger partial charge in [-0.1, -0.05) is 30.3 Å². The van der Waals surface area contributed by atoms with Crippen molar-refractivity contribution in [3.63, 3.8) is 0 Å². The van der Waals surface area contributed by atoms with E-state index >= 15 is 0 Å². The Kier molecular flexibility index (Phi) is 5.40. The van der Waals surface area contributed by atoms with Gasteiger partial charge in [-0.2, -0.15) is 13.2 Å². The molecule has 1 aromatic heterocycles. The number of alkyl halides is 3. The Labute approximate surface area is 153 Å². The number of pyridine rings is 1. The Morgan fingerprint density at radius 1 is 1.00 bits per heavy atom. The summed E-state index contributed by atoms with van der Waals surface area (Å²) in [6.07, 6.45) is -3.00. The summed E-state index contributed by atoms with van der Waals surface area (Å²) in [6, 6.07) is 16.8. The molecule has 0 saturated carbocycles. The molecule has 0 aliphatic heterocycles. The van der Waals surface area contributed by atoms with Crippen LogP contribution in [-0.4, -0.2) is 10.9 Å². The van der Waals surface area contributed by atoms with Crippen molar-refractivity contribution < 1.29 is 22.7 Å². The highest BCUT2D eigenvalue weighted by atomic mass is 19.4. The predicted octanol–water partition coefficient (Wildman–Crippen LogP) is 4.82. The standard InChI is InChI=1S/C20H15F3N2O2/c21-20(22,23)17-9-2-1-8-16(17)19(26)25-13-14-6-5-7-15(12-14)27-18-10-3-4-11-24-18/h1-12H,13H2,(H,25,26). The van der Waals surface area contributed by atoms with Crippen LogP contribution < -0.4 is 10.1 Å². The molecule has 0 aliphatic carbocycles. The van der Waals surface area contributed by atoms with Crippen LogP contribution in [0.3, 0.4) is 0 Å². The van der Waals surface area contributed by atoms with Crippen molar-refractivity contribution in [1.82, 2.24) is 10.3 Å². The lowest BCUT2D eigenvalue weighted by Gasteiger charge is -2.13. The molecule has 0 radical (unpaired) electrons. The number of hydrogen-bond acceptors (Lipinski definition) is 3. The summed E-state index contributed by atoms with van der Waals surface area (Å²) >= 11 is 0. The van der Waals surface area contributed by atoms with E-state index in [2.05, 4.69) is 10.3 Å². The molecule has 1 N–H and O–H groups in total. The maximum atomic E-state index is 13.0. The minimum Gasteiger partial charge on any atom is -0.439 e. The summed E-state index contributed by atoms with van der Waals surface area (Å²) < 4.78 is 44.7. The van der Waals surface area contributed by atoms with Crippen LogP contribution in [0.15, 0.2) is 72.9 Å². The first-order valence-electron chi connectivity index (χ1n) is 8.06. The lowest BCUT2D eigenvalue weighted by atomic mass is 10.1. The quantitative estimate of drug-likeness (QED) is 0.698.